The maximum atomic E-state index is 14.2. The van der Waals surface area contributed by atoms with E-state index >= 15 is 0 Å². The van der Waals surface area contributed by atoms with E-state index in [0.29, 0.717) is 28.3 Å². The van der Waals surface area contributed by atoms with Crippen LogP contribution in [-0.4, -0.2) is 18.5 Å². The first-order valence-electron chi connectivity index (χ1n) is 9.87. The minimum atomic E-state index is -0.407. The van der Waals surface area contributed by atoms with E-state index in [2.05, 4.69) is 0 Å². The minimum Gasteiger partial charge on any atom is -0.462 e. The summed E-state index contributed by atoms with van der Waals surface area (Å²) in [7, 11) is 0. The zero-order valence-corrected chi connectivity index (χ0v) is 17.6. The number of hydrogen-bond acceptors (Lipinski definition) is 4. The molecule has 1 atom stereocenters. The van der Waals surface area contributed by atoms with Crippen LogP contribution in [0, 0.1) is 5.82 Å². The van der Waals surface area contributed by atoms with Crippen molar-refractivity contribution < 1.29 is 18.7 Å². The highest BCUT2D eigenvalue weighted by atomic mass is 32.2. The van der Waals surface area contributed by atoms with E-state index in [9.17, 15) is 14.0 Å². The van der Waals surface area contributed by atoms with Gasteiger partial charge in [-0.1, -0.05) is 60.3 Å². The quantitative estimate of drug-likeness (QED) is 0.376. The average molecular weight is 434 g/mol. The zero-order chi connectivity index (χ0) is 21.8. The van der Waals surface area contributed by atoms with Crippen molar-refractivity contribution in [2.75, 3.05) is 11.5 Å². The molecule has 3 aromatic carbocycles. The van der Waals surface area contributed by atoms with Crippen LogP contribution in [0.3, 0.4) is 0 Å². The van der Waals surface area contributed by atoms with Crippen LogP contribution in [-0.2, 0) is 9.53 Å². The summed E-state index contributed by atoms with van der Waals surface area (Å²) in [4.78, 5) is 27.4. The minimum absolute atomic E-state index is 0.217. The number of carbonyl (C=O) groups excluding carboxylic acids is 2. The van der Waals surface area contributed by atoms with Crippen LogP contribution < -0.4 is 4.90 Å². The second-order valence-electron chi connectivity index (χ2n) is 6.85. The summed E-state index contributed by atoms with van der Waals surface area (Å²) in [5, 5.41) is -0.305. The molecule has 1 saturated heterocycles. The summed E-state index contributed by atoms with van der Waals surface area (Å²) in [6.07, 6.45) is 1.59. The predicted molar refractivity (Wildman–Crippen MR) is 121 cm³/mol. The number of anilines is 1. The third-order valence-corrected chi connectivity index (χ3v) is 6.09. The summed E-state index contributed by atoms with van der Waals surface area (Å²) in [5.41, 5.74) is 2.39. The van der Waals surface area contributed by atoms with Gasteiger partial charge in [-0.2, -0.15) is 0 Å². The van der Waals surface area contributed by atoms with Crippen LogP contribution in [0.2, 0.25) is 0 Å². The van der Waals surface area contributed by atoms with Crippen molar-refractivity contribution in [2.45, 2.75) is 12.3 Å². The molecule has 0 spiro atoms. The Morgan fingerprint density at radius 1 is 1.03 bits per heavy atom. The number of benzene rings is 3. The van der Waals surface area contributed by atoms with E-state index in [4.69, 9.17) is 4.74 Å². The highest BCUT2D eigenvalue weighted by molar-refractivity contribution is 8.05. The van der Waals surface area contributed by atoms with Gasteiger partial charge < -0.3 is 4.74 Å². The molecule has 0 aromatic heterocycles. The summed E-state index contributed by atoms with van der Waals surface area (Å²) in [6, 6.07) is 22.8. The van der Waals surface area contributed by atoms with Gasteiger partial charge >= 0.3 is 5.97 Å². The predicted octanol–water partition coefficient (Wildman–Crippen LogP) is 5.82. The molecule has 0 N–H and O–H groups in total. The van der Waals surface area contributed by atoms with Gasteiger partial charge in [-0.3, -0.25) is 9.69 Å². The molecule has 0 radical (unpaired) electrons. The second-order valence-corrected chi connectivity index (χ2v) is 7.98. The van der Waals surface area contributed by atoms with Gasteiger partial charge in [-0.25, -0.2) is 9.18 Å². The van der Waals surface area contributed by atoms with Crippen molar-refractivity contribution in [3.63, 3.8) is 0 Å². The van der Waals surface area contributed by atoms with Crippen molar-refractivity contribution in [3.8, 4) is 0 Å². The molecule has 4 nitrogen and oxygen atoms in total. The summed E-state index contributed by atoms with van der Waals surface area (Å²) in [6.45, 7) is 2.04. The standard InChI is InChI=1S/C25H20FNO3S/c1-2-30-25(29)18-12-14-20(15-13-18)27-23(28)22(16-19-10-6-7-11-21(19)26)31-24(27)17-8-4-3-5-9-17/h3-16,24H,2H2,1H3/b22-16-. The Kier molecular flexibility index (Phi) is 6.18. The van der Waals surface area contributed by atoms with E-state index < -0.39 is 5.97 Å². The fourth-order valence-electron chi connectivity index (χ4n) is 3.34. The molecule has 4 rings (SSSR count). The Hall–Kier alpha value is -3.38. The number of nitrogens with zero attached hydrogens (tertiary/aromatic N) is 1. The van der Waals surface area contributed by atoms with Gasteiger partial charge in [0.25, 0.3) is 5.91 Å². The lowest BCUT2D eigenvalue weighted by atomic mass is 10.1. The third kappa shape index (κ3) is 4.39. The van der Waals surface area contributed by atoms with Crippen molar-refractivity contribution in [1.82, 2.24) is 0 Å². The van der Waals surface area contributed by atoms with Crippen LogP contribution in [0.4, 0.5) is 10.1 Å². The average Bonchev–Trinajstić information content (AvgIpc) is 3.12. The van der Waals surface area contributed by atoms with Crippen LogP contribution in [0.1, 0.15) is 33.8 Å². The SMILES string of the molecule is CCOC(=O)c1ccc(N2C(=O)/C(=C/c3ccccc3F)SC2c2ccccc2)cc1. The van der Waals surface area contributed by atoms with Crippen LogP contribution in [0.15, 0.2) is 83.8 Å². The fourth-order valence-corrected chi connectivity index (χ4v) is 4.59. The first kappa shape index (κ1) is 20.9. The van der Waals surface area contributed by atoms with Gasteiger partial charge in [0.2, 0.25) is 0 Å². The van der Waals surface area contributed by atoms with Gasteiger partial charge in [-0.05, 0) is 48.9 Å². The molecule has 1 fully saturated rings. The van der Waals surface area contributed by atoms with E-state index in [1.165, 1.54) is 17.8 Å². The number of halogens is 1. The van der Waals surface area contributed by atoms with E-state index in [1.807, 2.05) is 30.3 Å². The van der Waals surface area contributed by atoms with Crippen molar-refractivity contribution >= 4 is 35.4 Å². The molecule has 1 heterocycles. The lowest BCUT2D eigenvalue weighted by Crippen LogP contribution is -2.27. The van der Waals surface area contributed by atoms with Crippen molar-refractivity contribution in [3.05, 3.63) is 106 Å². The molecule has 0 saturated carbocycles. The molecule has 6 heteroatoms. The van der Waals surface area contributed by atoms with Crippen LogP contribution >= 0.6 is 11.8 Å². The smallest absolute Gasteiger partial charge is 0.338 e. The Bertz CT molecular complexity index is 1130. The number of hydrogen-bond donors (Lipinski definition) is 0. The number of thioether (sulfide) groups is 1. The Balaban J connectivity index is 1.72. The number of ether oxygens (including phenoxy) is 1. The summed E-state index contributed by atoms with van der Waals surface area (Å²) >= 11 is 1.38. The van der Waals surface area contributed by atoms with Crippen LogP contribution in [0.5, 0.6) is 0 Å². The number of rotatable bonds is 5. The summed E-state index contributed by atoms with van der Waals surface area (Å²) in [5.74, 6) is -1.00. The molecule has 1 aliphatic heterocycles. The van der Waals surface area contributed by atoms with Gasteiger partial charge in [0.05, 0.1) is 17.1 Å². The van der Waals surface area contributed by atoms with Gasteiger partial charge in [0, 0.05) is 11.3 Å². The van der Waals surface area contributed by atoms with Crippen LogP contribution in [0.25, 0.3) is 6.08 Å². The first-order chi connectivity index (χ1) is 15.1. The molecule has 31 heavy (non-hydrogen) atoms. The second kappa shape index (κ2) is 9.18. The van der Waals surface area contributed by atoms with Gasteiger partial charge in [-0.15, -0.1) is 0 Å². The number of carbonyl (C=O) groups is 2. The zero-order valence-electron chi connectivity index (χ0n) is 16.8. The molecular weight excluding hydrogens is 413 g/mol. The molecule has 3 aromatic rings. The largest absolute Gasteiger partial charge is 0.462 e. The highest BCUT2D eigenvalue weighted by Gasteiger charge is 2.38. The van der Waals surface area contributed by atoms with Gasteiger partial charge in [0.1, 0.15) is 11.2 Å². The maximum Gasteiger partial charge on any atom is 0.338 e. The summed E-state index contributed by atoms with van der Waals surface area (Å²) < 4.78 is 19.2. The monoisotopic (exact) mass is 433 g/mol. The molecule has 1 unspecified atom stereocenters. The molecule has 1 aliphatic rings. The van der Waals surface area contributed by atoms with E-state index in [-0.39, 0.29) is 17.1 Å². The lowest BCUT2D eigenvalue weighted by Gasteiger charge is -2.24. The lowest BCUT2D eigenvalue weighted by molar-refractivity contribution is -0.114. The molecule has 156 valence electrons. The topological polar surface area (TPSA) is 46.6 Å². The van der Waals surface area contributed by atoms with Crippen molar-refractivity contribution in [2.24, 2.45) is 0 Å². The normalized spacial score (nSPS) is 17.2. The van der Waals surface area contributed by atoms with E-state index in [1.54, 1.807) is 60.4 Å². The molecule has 1 amide bonds. The Morgan fingerprint density at radius 3 is 2.39 bits per heavy atom. The molecular formula is C25H20FNO3S. The number of esters is 1. The fraction of sp³-hybridized carbons (Fsp3) is 0.120. The first-order valence-corrected chi connectivity index (χ1v) is 10.7. The maximum absolute atomic E-state index is 14.2. The highest BCUT2D eigenvalue weighted by Crippen LogP contribution is 2.48. The van der Waals surface area contributed by atoms with E-state index in [0.717, 1.165) is 5.56 Å². The third-order valence-electron chi connectivity index (χ3n) is 4.84. The molecule has 0 aliphatic carbocycles. The Morgan fingerprint density at radius 2 is 1.71 bits per heavy atom. The Labute approximate surface area is 184 Å². The molecule has 0 bridgehead atoms. The van der Waals surface area contributed by atoms with Crippen molar-refractivity contribution in [1.29, 1.82) is 0 Å². The number of amides is 1. The van der Waals surface area contributed by atoms with Gasteiger partial charge in [0.15, 0.2) is 0 Å².